The molecule has 26 heavy (non-hydrogen) atoms. The molecule has 0 saturated carbocycles. The monoisotopic (exact) mass is 366 g/mol. The Kier molecular flexibility index (Phi) is 4.23. The van der Waals surface area contributed by atoms with Crippen LogP contribution in [0.3, 0.4) is 0 Å². The van der Waals surface area contributed by atoms with Gasteiger partial charge >= 0.3 is 0 Å². The summed E-state index contributed by atoms with van der Waals surface area (Å²) in [4.78, 5) is 15.3. The van der Waals surface area contributed by atoms with Crippen LogP contribution in [0.25, 0.3) is 10.9 Å². The Morgan fingerprint density at radius 3 is 2.62 bits per heavy atom. The minimum Gasteiger partial charge on any atom is -0.356 e. The van der Waals surface area contributed by atoms with Crippen LogP contribution in [0.2, 0.25) is 5.02 Å². The summed E-state index contributed by atoms with van der Waals surface area (Å²) in [7, 11) is 0. The molecule has 0 spiro atoms. The maximum Gasteiger partial charge on any atom is 0.226 e. The predicted molar refractivity (Wildman–Crippen MR) is 108 cm³/mol. The zero-order valence-corrected chi connectivity index (χ0v) is 16.4. The van der Waals surface area contributed by atoms with Crippen molar-refractivity contribution in [1.29, 1.82) is 0 Å². The van der Waals surface area contributed by atoms with E-state index >= 15 is 0 Å². The third kappa shape index (κ3) is 2.99. The van der Waals surface area contributed by atoms with Crippen molar-refractivity contribution in [3.05, 3.63) is 63.6 Å². The highest BCUT2D eigenvalue weighted by molar-refractivity contribution is 6.31. The van der Waals surface area contributed by atoms with E-state index in [1.54, 1.807) is 0 Å². The third-order valence-corrected chi connectivity index (χ3v) is 5.09. The molecule has 0 amide bonds. The van der Waals surface area contributed by atoms with E-state index in [9.17, 15) is 0 Å². The molecule has 1 aliphatic heterocycles. The summed E-state index contributed by atoms with van der Waals surface area (Å²) < 4.78 is 0. The highest BCUT2D eigenvalue weighted by Gasteiger charge is 2.30. The second-order valence-electron chi connectivity index (χ2n) is 7.29. The maximum absolute atomic E-state index is 6.24. The van der Waals surface area contributed by atoms with Crippen molar-refractivity contribution in [2.24, 2.45) is 0 Å². The highest BCUT2D eigenvalue weighted by Crippen LogP contribution is 2.38. The summed E-state index contributed by atoms with van der Waals surface area (Å²) >= 11 is 6.24. The minimum atomic E-state index is 0.0936. The molecule has 1 N–H and O–H groups in total. The molecule has 4 rings (SSSR count). The minimum absolute atomic E-state index is 0.0936. The van der Waals surface area contributed by atoms with Crippen LogP contribution in [-0.2, 0) is 6.42 Å². The first-order chi connectivity index (χ1) is 12.4. The largest absolute Gasteiger partial charge is 0.356 e. The van der Waals surface area contributed by atoms with Crippen molar-refractivity contribution in [1.82, 2.24) is 15.0 Å². The maximum atomic E-state index is 6.24. The molecule has 1 aromatic carbocycles. The number of nitrogens with one attached hydrogen (secondary N) is 1. The van der Waals surface area contributed by atoms with Gasteiger partial charge in [-0.15, -0.1) is 0 Å². The molecule has 0 radical (unpaired) electrons. The second-order valence-corrected chi connectivity index (χ2v) is 7.73. The molecule has 0 saturated heterocycles. The van der Waals surface area contributed by atoms with Gasteiger partial charge in [-0.1, -0.05) is 23.3 Å². The van der Waals surface area contributed by atoms with Crippen molar-refractivity contribution in [3.63, 3.8) is 0 Å². The van der Waals surface area contributed by atoms with Crippen LogP contribution in [0.5, 0.6) is 0 Å². The van der Waals surface area contributed by atoms with Crippen LogP contribution in [0.4, 0.5) is 5.95 Å². The van der Waals surface area contributed by atoms with Gasteiger partial charge in [-0.05, 0) is 63.9 Å². The van der Waals surface area contributed by atoms with Crippen molar-refractivity contribution >= 4 is 28.5 Å². The molecule has 5 heteroatoms. The van der Waals surface area contributed by atoms with Crippen LogP contribution >= 0.6 is 11.6 Å². The first-order valence-corrected chi connectivity index (χ1v) is 9.34. The summed E-state index contributed by atoms with van der Waals surface area (Å²) in [6.45, 7) is 9.19. The topological polar surface area (TPSA) is 44.8 Å². The van der Waals surface area contributed by atoms with E-state index in [2.05, 4.69) is 41.9 Å². The number of aromatic amines is 1. The summed E-state index contributed by atoms with van der Waals surface area (Å²) in [5, 5.41) is 2.00. The number of benzene rings is 1. The lowest BCUT2D eigenvalue weighted by atomic mass is 9.96. The van der Waals surface area contributed by atoms with E-state index in [1.807, 2.05) is 26.0 Å². The van der Waals surface area contributed by atoms with Gasteiger partial charge in [0, 0.05) is 39.6 Å². The molecule has 4 nitrogen and oxygen atoms in total. The fourth-order valence-electron chi connectivity index (χ4n) is 3.84. The summed E-state index contributed by atoms with van der Waals surface area (Å²) in [5.41, 5.74) is 6.97. The molecular weight excluding hydrogens is 344 g/mol. The van der Waals surface area contributed by atoms with Crippen LogP contribution in [0.15, 0.2) is 35.9 Å². The Bertz CT molecular complexity index is 994. The van der Waals surface area contributed by atoms with Gasteiger partial charge < -0.3 is 9.88 Å². The molecule has 3 aromatic rings. The SMILES string of the molecule is CC(C)=C[C@@H]1c2[nH]c3ccc(Cl)cc3c2CCN1c1nc(C)cc(C)n1. The van der Waals surface area contributed by atoms with Crippen LogP contribution < -0.4 is 4.90 Å². The van der Waals surface area contributed by atoms with E-state index in [-0.39, 0.29) is 6.04 Å². The number of allylic oxidation sites excluding steroid dienone is 1. The van der Waals surface area contributed by atoms with Crippen molar-refractivity contribution in [2.45, 2.75) is 40.2 Å². The fourth-order valence-corrected chi connectivity index (χ4v) is 4.01. The van der Waals surface area contributed by atoms with Gasteiger partial charge in [0.05, 0.1) is 6.04 Å². The molecule has 134 valence electrons. The van der Waals surface area contributed by atoms with Gasteiger partial charge in [-0.2, -0.15) is 0 Å². The Hall–Kier alpha value is -2.33. The first kappa shape index (κ1) is 17.1. The fraction of sp³-hybridized carbons (Fsp3) is 0.333. The van der Waals surface area contributed by atoms with E-state index < -0.39 is 0 Å². The summed E-state index contributed by atoms with van der Waals surface area (Å²) in [6, 6.07) is 8.17. The number of H-pyrrole nitrogens is 1. The molecule has 0 bridgehead atoms. The van der Waals surface area contributed by atoms with Crippen LogP contribution in [0, 0.1) is 13.8 Å². The van der Waals surface area contributed by atoms with E-state index in [4.69, 9.17) is 21.6 Å². The van der Waals surface area contributed by atoms with Crippen molar-refractivity contribution in [3.8, 4) is 0 Å². The second kappa shape index (κ2) is 6.44. The average Bonchev–Trinajstić information content (AvgIpc) is 2.92. The zero-order chi connectivity index (χ0) is 18.4. The van der Waals surface area contributed by atoms with E-state index in [1.165, 1.54) is 22.2 Å². The van der Waals surface area contributed by atoms with E-state index in [0.717, 1.165) is 40.8 Å². The molecule has 0 unspecified atom stereocenters. The van der Waals surface area contributed by atoms with Crippen LogP contribution in [-0.4, -0.2) is 21.5 Å². The normalized spacial score (nSPS) is 16.7. The lowest BCUT2D eigenvalue weighted by molar-refractivity contribution is 0.635. The van der Waals surface area contributed by atoms with Crippen LogP contribution in [0.1, 0.15) is 42.5 Å². The molecule has 3 heterocycles. The number of hydrogen-bond donors (Lipinski definition) is 1. The van der Waals surface area contributed by atoms with Gasteiger partial charge in [0.15, 0.2) is 0 Å². The third-order valence-electron chi connectivity index (χ3n) is 4.85. The smallest absolute Gasteiger partial charge is 0.226 e. The molecular formula is C21H23ClN4. The number of rotatable bonds is 2. The number of anilines is 1. The Morgan fingerprint density at radius 2 is 1.92 bits per heavy atom. The molecule has 0 fully saturated rings. The summed E-state index contributed by atoms with van der Waals surface area (Å²) in [6.07, 6.45) is 3.23. The zero-order valence-electron chi connectivity index (χ0n) is 15.6. The number of nitrogens with zero attached hydrogens (tertiary/aromatic N) is 3. The van der Waals surface area contributed by atoms with Gasteiger partial charge in [0.2, 0.25) is 5.95 Å². The van der Waals surface area contributed by atoms with Gasteiger partial charge in [-0.3, -0.25) is 0 Å². The molecule has 2 aromatic heterocycles. The average molecular weight is 367 g/mol. The van der Waals surface area contributed by atoms with Crippen molar-refractivity contribution < 1.29 is 0 Å². The first-order valence-electron chi connectivity index (χ1n) is 8.96. The Morgan fingerprint density at radius 1 is 1.19 bits per heavy atom. The quantitative estimate of drug-likeness (QED) is 0.626. The van der Waals surface area contributed by atoms with Gasteiger partial charge in [-0.25, -0.2) is 9.97 Å². The van der Waals surface area contributed by atoms with Crippen molar-refractivity contribution in [2.75, 3.05) is 11.4 Å². The predicted octanol–water partition coefficient (Wildman–Crippen LogP) is 5.30. The molecule has 0 aliphatic carbocycles. The molecule has 1 aliphatic rings. The number of hydrogen-bond acceptors (Lipinski definition) is 3. The number of halogens is 1. The summed E-state index contributed by atoms with van der Waals surface area (Å²) in [5.74, 6) is 0.798. The van der Waals surface area contributed by atoms with Gasteiger partial charge in [0.1, 0.15) is 0 Å². The molecule has 1 atom stereocenters. The Labute approximate surface area is 158 Å². The Balaban J connectivity index is 1.88. The number of fused-ring (bicyclic) bond motifs is 3. The highest BCUT2D eigenvalue weighted by atomic mass is 35.5. The standard InChI is InChI=1S/C21H23ClN4/c1-12(2)9-19-20-16(17-11-15(22)5-6-18(17)25-20)7-8-26(19)21-23-13(3)10-14(4)24-21/h5-6,9-11,19,25H,7-8H2,1-4H3/t19-/m1/s1. The number of aryl methyl sites for hydroxylation is 2. The lowest BCUT2D eigenvalue weighted by Gasteiger charge is -2.34. The van der Waals surface area contributed by atoms with E-state index in [0.29, 0.717) is 0 Å². The van der Waals surface area contributed by atoms with Gasteiger partial charge in [0.25, 0.3) is 0 Å². The lowest BCUT2D eigenvalue weighted by Crippen LogP contribution is -2.36. The number of aromatic nitrogens is 3.